The van der Waals surface area contributed by atoms with Gasteiger partial charge in [0.05, 0.1) is 26.9 Å². The molecule has 26 heavy (non-hydrogen) atoms. The zero-order valence-corrected chi connectivity index (χ0v) is 15.1. The predicted octanol–water partition coefficient (Wildman–Crippen LogP) is 2.59. The van der Waals surface area contributed by atoms with E-state index in [4.69, 9.17) is 24.7 Å². The molecule has 6 heteroatoms. The summed E-state index contributed by atoms with van der Waals surface area (Å²) in [4.78, 5) is 11.9. The van der Waals surface area contributed by atoms with Gasteiger partial charge in [-0.15, -0.1) is 0 Å². The number of hydrogen-bond acceptors (Lipinski definition) is 6. The molecule has 6 nitrogen and oxygen atoms in total. The Morgan fingerprint density at radius 3 is 2.73 bits per heavy atom. The molecule has 2 N–H and O–H groups in total. The lowest BCUT2D eigenvalue weighted by Gasteiger charge is -2.32. The number of rotatable bonds is 6. The van der Waals surface area contributed by atoms with E-state index in [0.29, 0.717) is 19.8 Å². The van der Waals surface area contributed by atoms with Crippen LogP contribution >= 0.6 is 0 Å². The van der Waals surface area contributed by atoms with E-state index in [-0.39, 0.29) is 5.92 Å². The van der Waals surface area contributed by atoms with Crippen molar-refractivity contribution in [2.45, 2.75) is 31.6 Å². The molecule has 1 atom stereocenters. The Kier molecular flexibility index (Phi) is 6.08. The quantitative estimate of drug-likeness (QED) is 0.799. The number of benzene rings is 2. The Bertz CT molecular complexity index is 755. The molecule has 2 aromatic rings. The van der Waals surface area contributed by atoms with Crippen LogP contribution in [0.15, 0.2) is 36.4 Å². The van der Waals surface area contributed by atoms with Gasteiger partial charge in [0.2, 0.25) is 0 Å². The number of methoxy groups -OCH3 is 1. The van der Waals surface area contributed by atoms with Crippen molar-refractivity contribution in [3.05, 3.63) is 42.0 Å². The van der Waals surface area contributed by atoms with Gasteiger partial charge in [0.25, 0.3) is 0 Å². The second kappa shape index (κ2) is 8.49. The molecular weight excluding hydrogens is 334 g/mol. The van der Waals surface area contributed by atoms with Crippen LogP contribution in [0, 0.1) is 0 Å². The summed E-state index contributed by atoms with van der Waals surface area (Å²) in [6.45, 7) is 3.15. The second-order valence-corrected chi connectivity index (χ2v) is 6.36. The van der Waals surface area contributed by atoms with Gasteiger partial charge in [-0.25, -0.2) is 0 Å². The van der Waals surface area contributed by atoms with E-state index >= 15 is 0 Å². The predicted molar refractivity (Wildman–Crippen MR) is 98.2 cm³/mol. The van der Waals surface area contributed by atoms with Crippen molar-refractivity contribution in [3.63, 3.8) is 0 Å². The van der Waals surface area contributed by atoms with Gasteiger partial charge in [0, 0.05) is 5.92 Å². The third-order valence-electron chi connectivity index (χ3n) is 4.50. The van der Waals surface area contributed by atoms with Crippen LogP contribution in [-0.2, 0) is 19.0 Å². The first kappa shape index (κ1) is 18.6. The Morgan fingerprint density at radius 2 is 2.04 bits per heavy atom. The van der Waals surface area contributed by atoms with Gasteiger partial charge in [-0.1, -0.05) is 31.2 Å². The van der Waals surface area contributed by atoms with Crippen LogP contribution in [0.5, 0.6) is 5.75 Å². The van der Waals surface area contributed by atoms with E-state index in [0.717, 1.165) is 28.5 Å². The molecule has 0 radical (unpaired) electrons. The van der Waals surface area contributed by atoms with Crippen molar-refractivity contribution in [1.29, 1.82) is 0 Å². The van der Waals surface area contributed by atoms with Gasteiger partial charge in [0.1, 0.15) is 5.75 Å². The van der Waals surface area contributed by atoms with Gasteiger partial charge in [-0.2, -0.15) is 0 Å². The largest absolute Gasteiger partial charge is 0.497 e. The summed E-state index contributed by atoms with van der Waals surface area (Å²) in [5, 5.41) is 2.24. The fraction of sp³-hybridized carbons (Fsp3) is 0.450. The minimum Gasteiger partial charge on any atom is -0.497 e. The van der Waals surface area contributed by atoms with Crippen LogP contribution in [0.3, 0.4) is 0 Å². The van der Waals surface area contributed by atoms with Gasteiger partial charge in [0.15, 0.2) is 12.3 Å². The second-order valence-electron chi connectivity index (χ2n) is 6.36. The van der Waals surface area contributed by atoms with Crippen molar-refractivity contribution < 1.29 is 23.7 Å². The molecule has 0 spiro atoms. The number of carbonyl (C=O) groups is 1. The highest BCUT2D eigenvalue weighted by Crippen LogP contribution is 2.31. The minimum absolute atomic E-state index is 0.0715. The minimum atomic E-state index is -0.931. The van der Waals surface area contributed by atoms with Crippen molar-refractivity contribution in [1.82, 2.24) is 0 Å². The topological polar surface area (TPSA) is 80.0 Å². The van der Waals surface area contributed by atoms with Crippen LogP contribution in [0.4, 0.5) is 0 Å². The highest BCUT2D eigenvalue weighted by molar-refractivity contribution is 5.87. The number of fused-ring (bicyclic) bond motifs is 1. The summed E-state index contributed by atoms with van der Waals surface area (Å²) in [6, 6.07) is 11.2. The SMILES string of the molecule is CCCOC(=O)C(N)C1OCC(c2cccc3cc(OC)ccc23)CO1. The van der Waals surface area contributed by atoms with E-state index in [1.807, 2.05) is 37.3 Å². The monoisotopic (exact) mass is 359 g/mol. The van der Waals surface area contributed by atoms with E-state index in [1.165, 1.54) is 0 Å². The Balaban J connectivity index is 1.68. The third-order valence-corrected chi connectivity index (χ3v) is 4.50. The molecule has 0 bridgehead atoms. The molecule has 2 aromatic carbocycles. The summed E-state index contributed by atoms with van der Waals surface area (Å²) in [7, 11) is 1.66. The van der Waals surface area contributed by atoms with Crippen LogP contribution in [0.2, 0.25) is 0 Å². The summed E-state index contributed by atoms with van der Waals surface area (Å²) in [5.41, 5.74) is 7.05. The maximum absolute atomic E-state index is 11.9. The first-order chi connectivity index (χ1) is 12.6. The van der Waals surface area contributed by atoms with Crippen molar-refractivity contribution in [3.8, 4) is 5.75 Å². The number of ether oxygens (including phenoxy) is 4. The molecule has 1 unspecified atom stereocenters. The van der Waals surface area contributed by atoms with E-state index < -0.39 is 18.3 Å². The van der Waals surface area contributed by atoms with Crippen LogP contribution in [0.25, 0.3) is 10.8 Å². The molecule has 140 valence electrons. The average molecular weight is 359 g/mol. The molecule has 1 aliphatic rings. The third kappa shape index (κ3) is 3.98. The molecule has 1 saturated heterocycles. The van der Waals surface area contributed by atoms with Gasteiger partial charge in [-0.05, 0) is 34.9 Å². The molecule has 1 aliphatic heterocycles. The molecule has 0 aliphatic carbocycles. The summed E-state index contributed by atoms with van der Waals surface area (Å²) in [6.07, 6.45) is -0.0237. The molecule has 1 fully saturated rings. The molecule has 0 saturated carbocycles. The van der Waals surface area contributed by atoms with E-state index in [9.17, 15) is 4.79 Å². The summed E-state index contributed by atoms with van der Waals surface area (Å²) in [5.74, 6) is 0.400. The normalized spacial score (nSPS) is 21.3. The molecule has 0 aromatic heterocycles. The zero-order valence-electron chi connectivity index (χ0n) is 15.1. The van der Waals surface area contributed by atoms with Crippen LogP contribution < -0.4 is 10.5 Å². The lowest BCUT2D eigenvalue weighted by atomic mass is 9.94. The van der Waals surface area contributed by atoms with Crippen LogP contribution in [-0.4, -0.2) is 45.2 Å². The van der Waals surface area contributed by atoms with E-state index in [2.05, 4.69) is 6.07 Å². The maximum atomic E-state index is 11.9. The maximum Gasteiger partial charge on any atom is 0.328 e. The van der Waals surface area contributed by atoms with Crippen molar-refractivity contribution in [2.24, 2.45) is 5.73 Å². The number of esters is 1. The number of carbonyl (C=O) groups excluding carboxylic acids is 1. The lowest BCUT2D eigenvalue weighted by molar-refractivity contribution is -0.204. The average Bonchev–Trinajstić information content (AvgIpc) is 2.70. The smallest absolute Gasteiger partial charge is 0.328 e. The number of hydrogen-bond donors (Lipinski definition) is 1. The Labute approximate surface area is 153 Å². The Hall–Kier alpha value is -2.15. The van der Waals surface area contributed by atoms with Gasteiger partial charge >= 0.3 is 5.97 Å². The number of nitrogens with two attached hydrogens (primary N) is 1. The highest BCUT2D eigenvalue weighted by atomic mass is 16.7. The zero-order chi connectivity index (χ0) is 18.5. The molecule has 1 heterocycles. The fourth-order valence-corrected chi connectivity index (χ4v) is 3.08. The van der Waals surface area contributed by atoms with Crippen molar-refractivity contribution >= 4 is 16.7 Å². The molecular formula is C20H25NO5. The van der Waals surface area contributed by atoms with E-state index in [1.54, 1.807) is 7.11 Å². The lowest BCUT2D eigenvalue weighted by Crippen LogP contribution is -2.49. The molecule has 0 amide bonds. The molecule has 3 rings (SSSR count). The van der Waals surface area contributed by atoms with Gasteiger partial charge in [-0.3, -0.25) is 4.79 Å². The van der Waals surface area contributed by atoms with Crippen molar-refractivity contribution in [2.75, 3.05) is 26.9 Å². The van der Waals surface area contributed by atoms with Crippen LogP contribution in [0.1, 0.15) is 24.8 Å². The summed E-state index contributed by atoms with van der Waals surface area (Å²) < 4.78 is 21.8. The Morgan fingerprint density at radius 1 is 1.27 bits per heavy atom. The standard InChI is InChI=1S/C20H25NO5/c1-3-9-24-19(22)18(21)20-25-11-14(12-26-20)16-6-4-5-13-10-15(23-2)7-8-17(13)16/h4-8,10,14,18,20H,3,9,11-12,21H2,1-2H3. The fourth-order valence-electron chi connectivity index (χ4n) is 3.08. The highest BCUT2D eigenvalue weighted by Gasteiger charge is 2.33. The van der Waals surface area contributed by atoms with Gasteiger partial charge < -0.3 is 24.7 Å². The summed E-state index contributed by atoms with van der Waals surface area (Å²) >= 11 is 0. The first-order valence-corrected chi connectivity index (χ1v) is 8.86. The first-order valence-electron chi connectivity index (χ1n) is 8.86.